The van der Waals surface area contributed by atoms with E-state index in [1.54, 1.807) is 6.92 Å². The average Bonchev–Trinajstić information content (AvgIpc) is 2.34. The molecule has 2 atom stereocenters. The molecule has 0 heterocycles. The third kappa shape index (κ3) is 8.87. The van der Waals surface area contributed by atoms with Gasteiger partial charge in [0.2, 0.25) is 0 Å². The summed E-state index contributed by atoms with van der Waals surface area (Å²) in [6.45, 7) is 5.69. The number of amides is 2. The van der Waals surface area contributed by atoms with Gasteiger partial charge in [0.25, 0.3) is 0 Å². The van der Waals surface area contributed by atoms with Crippen molar-refractivity contribution >= 4 is 18.0 Å². The van der Waals surface area contributed by atoms with E-state index < -0.39 is 24.0 Å². The minimum atomic E-state index is -0.854. The summed E-state index contributed by atoms with van der Waals surface area (Å²) >= 11 is 0. The van der Waals surface area contributed by atoms with Gasteiger partial charge in [-0.15, -0.1) is 0 Å². The molecule has 7 heteroatoms. The second-order valence-electron chi connectivity index (χ2n) is 4.37. The molecule has 3 N–H and O–H groups in total. The van der Waals surface area contributed by atoms with Crippen LogP contribution in [0.5, 0.6) is 0 Å². The van der Waals surface area contributed by atoms with E-state index >= 15 is 0 Å². The predicted octanol–water partition coefficient (Wildman–Crippen LogP) is 0.738. The number of hydrogen-bond acceptors (Lipinski definition) is 4. The third-order valence-corrected chi connectivity index (χ3v) is 2.45. The number of nitrogens with one attached hydrogen (secondary N) is 2. The summed E-state index contributed by atoms with van der Waals surface area (Å²) in [7, 11) is 0. The van der Waals surface area contributed by atoms with Gasteiger partial charge in [0.15, 0.2) is 0 Å². The van der Waals surface area contributed by atoms with Crippen LogP contribution in [-0.2, 0) is 14.3 Å². The SMILES string of the molecule is CCOC(=O)C(C)NC(=O)NCC(C)CCC(=O)O. The lowest BCUT2D eigenvalue weighted by Gasteiger charge is -2.15. The van der Waals surface area contributed by atoms with Crippen molar-refractivity contribution < 1.29 is 24.2 Å². The van der Waals surface area contributed by atoms with Crippen LogP contribution in [0, 0.1) is 5.92 Å². The number of carbonyl (C=O) groups excluding carboxylic acids is 2. The number of rotatable bonds is 8. The quantitative estimate of drug-likeness (QED) is 0.566. The largest absolute Gasteiger partial charge is 0.481 e. The van der Waals surface area contributed by atoms with Crippen molar-refractivity contribution in [2.75, 3.05) is 13.2 Å². The molecule has 0 saturated heterocycles. The van der Waals surface area contributed by atoms with Crippen LogP contribution in [0.4, 0.5) is 4.79 Å². The fourth-order valence-corrected chi connectivity index (χ4v) is 1.31. The highest BCUT2D eigenvalue weighted by molar-refractivity contribution is 5.83. The van der Waals surface area contributed by atoms with Gasteiger partial charge in [0, 0.05) is 13.0 Å². The van der Waals surface area contributed by atoms with Gasteiger partial charge in [-0.2, -0.15) is 0 Å². The fourth-order valence-electron chi connectivity index (χ4n) is 1.31. The Morgan fingerprint density at radius 2 is 1.89 bits per heavy atom. The van der Waals surface area contributed by atoms with Crippen molar-refractivity contribution in [1.82, 2.24) is 10.6 Å². The summed E-state index contributed by atoms with van der Waals surface area (Å²) in [5, 5.41) is 13.5. The van der Waals surface area contributed by atoms with Crippen LogP contribution in [0.1, 0.15) is 33.6 Å². The average molecular weight is 274 g/mol. The van der Waals surface area contributed by atoms with Gasteiger partial charge in [0.05, 0.1) is 6.61 Å². The van der Waals surface area contributed by atoms with Crippen molar-refractivity contribution in [2.45, 2.75) is 39.7 Å². The van der Waals surface area contributed by atoms with Gasteiger partial charge in [0.1, 0.15) is 6.04 Å². The predicted molar refractivity (Wildman–Crippen MR) is 68.7 cm³/mol. The Balaban J connectivity index is 3.85. The lowest BCUT2D eigenvalue weighted by molar-refractivity contribution is -0.144. The van der Waals surface area contributed by atoms with E-state index in [2.05, 4.69) is 10.6 Å². The maximum absolute atomic E-state index is 11.5. The van der Waals surface area contributed by atoms with Gasteiger partial charge in [-0.25, -0.2) is 9.59 Å². The Hall–Kier alpha value is -1.79. The van der Waals surface area contributed by atoms with Gasteiger partial charge < -0.3 is 20.5 Å². The first-order valence-corrected chi connectivity index (χ1v) is 6.29. The maximum Gasteiger partial charge on any atom is 0.328 e. The van der Waals surface area contributed by atoms with Crippen LogP contribution in [0.25, 0.3) is 0 Å². The minimum absolute atomic E-state index is 0.0553. The van der Waals surface area contributed by atoms with Crippen LogP contribution in [-0.4, -0.2) is 42.3 Å². The number of esters is 1. The number of carbonyl (C=O) groups is 3. The van der Waals surface area contributed by atoms with Gasteiger partial charge >= 0.3 is 18.0 Å². The monoisotopic (exact) mass is 274 g/mol. The Bertz CT molecular complexity index is 319. The molecule has 0 aromatic heterocycles. The Morgan fingerprint density at radius 1 is 1.26 bits per heavy atom. The summed E-state index contributed by atoms with van der Waals surface area (Å²) in [5.74, 6) is -1.29. The summed E-state index contributed by atoms with van der Waals surface area (Å²) in [4.78, 5) is 33.1. The fraction of sp³-hybridized carbons (Fsp3) is 0.750. The number of urea groups is 1. The van der Waals surface area contributed by atoms with Gasteiger partial charge in [-0.3, -0.25) is 4.79 Å². The van der Waals surface area contributed by atoms with Crippen LogP contribution >= 0.6 is 0 Å². The van der Waals surface area contributed by atoms with Crippen molar-refractivity contribution in [1.29, 1.82) is 0 Å². The molecule has 0 saturated carbocycles. The molecule has 2 amide bonds. The first-order chi connectivity index (χ1) is 8.86. The van der Waals surface area contributed by atoms with Crippen LogP contribution in [0.3, 0.4) is 0 Å². The molecule has 0 aliphatic rings. The molecule has 0 aromatic carbocycles. The summed E-state index contributed by atoms with van der Waals surface area (Å²) < 4.78 is 4.75. The highest BCUT2D eigenvalue weighted by atomic mass is 16.5. The minimum Gasteiger partial charge on any atom is -0.481 e. The van der Waals surface area contributed by atoms with E-state index in [1.807, 2.05) is 6.92 Å². The molecule has 7 nitrogen and oxygen atoms in total. The molecule has 19 heavy (non-hydrogen) atoms. The summed E-state index contributed by atoms with van der Waals surface area (Å²) in [6, 6.07) is -1.18. The molecule has 0 aromatic rings. The van der Waals surface area contributed by atoms with E-state index in [-0.39, 0.29) is 18.9 Å². The van der Waals surface area contributed by atoms with Crippen molar-refractivity contribution in [3.63, 3.8) is 0 Å². The van der Waals surface area contributed by atoms with E-state index in [1.165, 1.54) is 6.92 Å². The number of carboxylic acids is 1. The molecule has 2 unspecified atom stereocenters. The normalized spacial score (nSPS) is 13.2. The van der Waals surface area contributed by atoms with Crippen LogP contribution in [0.15, 0.2) is 0 Å². The van der Waals surface area contributed by atoms with E-state index in [0.29, 0.717) is 13.0 Å². The van der Waals surface area contributed by atoms with Gasteiger partial charge in [-0.05, 0) is 26.2 Å². The molecule has 0 rings (SSSR count). The molecular weight excluding hydrogens is 252 g/mol. The molecule has 0 radical (unpaired) electrons. The van der Waals surface area contributed by atoms with Crippen LogP contribution < -0.4 is 10.6 Å². The molecule has 0 bridgehead atoms. The Labute approximate surface area is 112 Å². The van der Waals surface area contributed by atoms with E-state index in [4.69, 9.17) is 9.84 Å². The molecule has 0 spiro atoms. The van der Waals surface area contributed by atoms with E-state index in [9.17, 15) is 14.4 Å². The molecule has 110 valence electrons. The van der Waals surface area contributed by atoms with E-state index in [0.717, 1.165) is 0 Å². The Morgan fingerprint density at radius 3 is 2.42 bits per heavy atom. The highest BCUT2D eigenvalue weighted by Crippen LogP contribution is 2.03. The van der Waals surface area contributed by atoms with Gasteiger partial charge in [-0.1, -0.05) is 6.92 Å². The molecule has 0 fully saturated rings. The maximum atomic E-state index is 11.5. The number of hydrogen-bond donors (Lipinski definition) is 3. The number of carboxylic acid groups (broad SMARTS) is 1. The standard InChI is InChI=1S/C12H22N2O5/c1-4-19-11(17)9(3)14-12(18)13-7-8(2)5-6-10(15)16/h8-9H,4-7H2,1-3H3,(H,15,16)(H2,13,14,18). The molecule has 0 aliphatic heterocycles. The molecular formula is C12H22N2O5. The smallest absolute Gasteiger partial charge is 0.328 e. The zero-order valence-corrected chi connectivity index (χ0v) is 11.6. The molecule has 0 aliphatic carbocycles. The van der Waals surface area contributed by atoms with Crippen molar-refractivity contribution in [2.24, 2.45) is 5.92 Å². The lowest BCUT2D eigenvalue weighted by atomic mass is 10.1. The summed E-state index contributed by atoms with van der Waals surface area (Å²) in [5.41, 5.74) is 0. The zero-order chi connectivity index (χ0) is 14.8. The third-order valence-electron chi connectivity index (χ3n) is 2.45. The lowest BCUT2D eigenvalue weighted by Crippen LogP contribution is -2.46. The second-order valence-corrected chi connectivity index (χ2v) is 4.37. The topological polar surface area (TPSA) is 105 Å². The number of ether oxygens (including phenoxy) is 1. The Kier molecular flexibility index (Phi) is 8.32. The van der Waals surface area contributed by atoms with Crippen molar-refractivity contribution in [3.8, 4) is 0 Å². The first kappa shape index (κ1) is 17.2. The zero-order valence-electron chi connectivity index (χ0n) is 11.6. The highest BCUT2D eigenvalue weighted by Gasteiger charge is 2.16. The summed E-state index contributed by atoms with van der Waals surface area (Å²) in [6.07, 6.45) is 0.562. The second kappa shape index (κ2) is 9.18. The first-order valence-electron chi connectivity index (χ1n) is 6.29. The van der Waals surface area contributed by atoms with Crippen molar-refractivity contribution in [3.05, 3.63) is 0 Å². The van der Waals surface area contributed by atoms with Crippen LogP contribution in [0.2, 0.25) is 0 Å². The number of aliphatic carboxylic acids is 1.